The van der Waals surface area contributed by atoms with Crippen molar-refractivity contribution in [3.63, 3.8) is 0 Å². The van der Waals surface area contributed by atoms with Crippen LogP contribution in [0.2, 0.25) is 0 Å². The zero-order valence-corrected chi connectivity index (χ0v) is 10.4. The summed E-state index contributed by atoms with van der Waals surface area (Å²) in [6.07, 6.45) is -4.13. The molecule has 1 rings (SSSR count). The quantitative estimate of drug-likeness (QED) is 0.802. The van der Waals surface area contributed by atoms with E-state index in [4.69, 9.17) is 5.11 Å². The summed E-state index contributed by atoms with van der Waals surface area (Å²) in [6.45, 7) is 1.35. The molecular formula is C11H15F4NO3. The van der Waals surface area contributed by atoms with E-state index >= 15 is 0 Å². The number of hydrogen-bond donors (Lipinski definition) is 1. The number of piperidine rings is 1. The van der Waals surface area contributed by atoms with Crippen LogP contribution in [0.1, 0.15) is 20.3 Å². The Balaban J connectivity index is 2.93. The predicted molar refractivity (Wildman–Crippen MR) is 57.0 cm³/mol. The molecule has 3 atom stereocenters. The molecule has 0 spiro atoms. The minimum absolute atomic E-state index is 0.235. The van der Waals surface area contributed by atoms with E-state index in [-0.39, 0.29) is 6.42 Å². The SMILES string of the molecule is CC1CC(=O)N(CC(F)(F)C(F)F)C(C)C1C(=O)O. The van der Waals surface area contributed by atoms with Gasteiger partial charge >= 0.3 is 18.3 Å². The Morgan fingerprint density at radius 1 is 1.47 bits per heavy atom. The smallest absolute Gasteiger partial charge is 0.324 e. The van der Waals surface area contributed by atoms with Gasteiger partial charge in [0.05, 0.1) is 12.5 Å². The lowest BCUT2D eigenvalue weighted by molar-refractivity contribution is -0.173. The van der Waals surface area contributed by atoms with Crippen LogP contribution in [0.3, 0.4) is 0 Å². The van der Waals surface area contributed by atoms with Crippen molar-refractivity contribution < 1.29 is 32.3 Å². The molecule has 0 aromatic carbocycles. The molecule has 0 aromatic heterocycles. The highest BCUT2D eigenvalue weighted by atomic mass is 19.3. The van der Waals surface area contributed by atoms with Gasteiger partial charge in [0.2, 0.25) is 5.91 Å². The van der Waals surface area contributed by atoms with Gasteiger partial charge in [-0.15, -0.1) is 0 Å². The van der Waals surface area contributed by atoms with Gasteiger partial charge in [-0.2, -0.15) is 8.78 Å². The molecule has 1 N–H and O–H groups in total. The number of amides is 1. The molecule has 8 heteroatoms. The fourth-order valence-electron chi connectivity index (χ4n) is 2.39. The average Bonchev–Trinajstić information content (AvgIpc) is 2.23. The highest BCUT2D eigenvalue weighted by molar-refractivity contribution is 5.81. The molecule has 1 aliphatic rings. The summed E-state index contributed by atoms with van der Waals surface area (Å²) in [5.74, 6) is -7.84. The Hall–Kier alpha value is -1.34. The summed E-state index contributed by atoms with van der Waals surface area (Å²) in [6, 6.07) is -1.04. The van der Waals surface area contributed by atoms with Gasteiger partial charge < -0.3 is 10.0 Å². The third-order valence-corrected chi connectivity index (χ3v) is 3.43. The number of aliphatic carboxylic acids is 1. The molecule has 3 unspecified atom stereocenters. The largest absolute Gasteiger partial charge is 0.481 e. The Morgan fingerprint density at radius 2 is 2.00 bits per heavy atom. The lowest BCUT2D eigenvalue weighted by Crippen LogP contribution is -2.56. The van der Waals surface area contributed by atoms with Crippen LogP contribution < -0.4 is 0 Å². The summed E-state index contributed by atoms with van der Waals surface area (Å²) in [7, 11) is 0. The summed E-state index contributed by atoms with van der Waals surface area (Å²) in [4.78, 5) is 23.2. The van der Waals surface area contributed by atoms with E-state index in [2.05, 4.69) is 0 Å². The molecule has 0 bridgehead atoms. The molecule has 0 aliphatic carbocycles. The van der Waals surface area contributed by atoms with Gasteiger partial charge in [-0.05, 0) is 12.8 Å². The van der Waals surface area contributed by atoms with E-state index in [0.29, 0.717) is 4.90 Å². The number of carbonyl (C=O) groups excluding carboxylic acids is 1. The van der Waals surface area contributed by atoms with E-state index in [1.165, 1.54) is 13.8 Å². The monoisotopic (exact) mass is 285 g/mol. The maximum Gasteiger partial charge on any atom is 0.324 e. The summed E-state index contributed by atoms with van der Waals surface area (Å²) in [5.41, 5.74) is 0. The Kier molecular flexibility index (Phi) is 4.42. The molecule has 0 saturated carbocycles. The predicted octanol–water partition coefficient (Wildman–Crippen LogP) is 1.84. The van der Waals surface area contributed by atoms with Crippen molar-refractivity contribution >= 4 is 11.9 Å². The van der Waals surface area contributed by atoms with Gasteiger partial charge in [0.15, 0.2) is 0 Å². The second-order valence-electron chi connectivity index (χ2n) is 4.87. The van der Waals surface area contributed by atoms with Crippen LogP contribution in [0.15, 0.2) is 0 Å². The maximum atomic E-state index is 13.0. The van der Waals surface area contributed by atoms with Gasteiger partial charge in [0.1, 0.15) is 0 Å². The molecule has 0 radical (unpaired) electrons. The van der Waals surface area contributed by atoms with Crippen LogP contribution in [0.5, 0.6) is 0 Å². The molecule has 0 aromatic rings. The lowest BCUT2D eigenvalue weighted by atomic mass is 9.81. The van der Waals surface area contributed by atoms with Crippen molar-refractivity contribution in [1.82, 2.24) is 4.90 Å². The summed E-state index contributed by atoms with van der Waals surface area (Å²) in [5, 5.41) is 9.02. The molecular weight excluding hydrogens is 270 g/mol. The molecule has 1 aliphatic heterocycles. The second kappa shape index (κ2) is 5.34. The number of nitrogens with zero attached hydrogens (tertiary/aromatic N) is 1. The van der Waals surface area contributed by atoms with Crippen molar-refractivity contribution in [3.05, 3.63) is 0 Å². The van der Waals surface area contributed by atoms with Gasteiger partial charge in [-0.25, -0.2) is 8.78 Å². The molecule has 1 heterocycles. The first kappa shape index (κ1) is 15.7. The number of hydrogen-bond acceptors (Lipinski definition) is 2. The fourth-order valence-corrected chi connectivity index (χ4v) is 2.39. The Morgan fingerprint density at radius 3 is 2.42 bits per heavy atom. The van der Waals surface area contributed by atoms with Gasteiger partial charge in [-0.3, -0.25) is 9.59 Å². The Bertz CT molecular complexity index is 375. The number of halogens is 4. The van der Waals surface area contributed by atoms with Crippen molar-refractivity contribution in [2.75, 3.05) is 6.54 Å². The number of carbonyl (C=O) groups is 2. The van der Waals surface area contributed by atoms with Gasteiger partial charge in [-0.1, -0.05) is 6.92 Å². The van der Waals surface area contributed by atoms with Gasteiger partial charge in [0, 0.05) is 12.5 Å². The van der Waals surface area contributed by atoms with E-state index in [0.717, 1.165) is 0 Å². The third-order valence-electron chi connectivity index (χ3n) is 3.43. The van der Waals surface area contributed by atoms with Crippen LogP contribution in [-0.2, 0) is 9.59 Å². The topological polar surface area (TPSA) is 57.6 Å². The molecule has 4 nitrogen and oxygen atoms in total. The first-order chi connectivity index (χ1) is 8.58. The zero-order valence-electron chi connectivity index (χ0n) is 10.4. The molecule has 19 heavy (non-hydrogen) atoms. The molecule has 1 fully saturated rings. The number of likely N-dealkylation sites (tertiary alicyclic amines) is 1. The average molecular weight is 285 g/mol. The number of carboxylic acids is 1. The van der Waals surface area contributed by atoms with Crippen LogP contribution in [0.4, 0.5) is 17.6 Å². The number of rotatable bonds is 4. The van der Waals surface area contributed by atoms with Gasteiger partial charge in [0.25, 0.3) is 0 Å². The van der Waals surface area contributed by atoms with Crippen LogP contribution in [0.25, 0.3) is 0 Å². The summed E-state index contributed by atoms with van der Waals surface area (Å²) < 4.78 is 50.3. The first-order valence-electron chi connectivity index (χ1n) is 5.76. The molecule has 1 amide bonds. The minimum atomic E-state index is -4.34. The minimum Gasteiger partial charge on any atom is -0.481 e. The summed E-state index contributed by atoms with van der Waals surface area (Å²) >= 11 is 0. The van der Waals surface area contributed by atoms with Crippen molar-refractivity contribution in [1.29, 1.82) is 0 Å². The third kappa shape index (κ3) is 3.16. The highest BCUT2D eigenvalue weighted by Gasteiger charge is 2.49. The zero-order chi connectivity index (χ0) is 15.0. The van der Waals surface area contributed by atoms with Crippen molar-refractivity contribution in [2.45, 2.75) is 38.7 Å². The van der Waals surface area contributed by atoms with Crippen molar-refractivity contribution in [3.8, 4) is 0 Å². The molecule has 1 saturated heterocycles. The van der Waals surface area contributed by atoms with E-state index in [1.807, 2.05) is 0 Å². The highest BCUT2D eigenvalue weighted by Crippen LogP contribution is 2.33. The standard InChI is InChI=1S/C11H15F4NO3/c1-5-3-7(17)16(4-11(14,15)10(12)13)6(2)8(5)9(18)19/h5-6,8,10H,3-4H2,1-2H3,(H,18,19). The molecule has 110 valence electrons. The Labute approximate surface area is 107 Å². The van der Waals surface area contributed by atoms with Crippen LogP contribution in [0, 0.1) is 11.8 Å². The van der Waals surface area contributed by atoms with Crippen molar-refractivity contribution in [2.24, 2.45) is 11.8 Å². The normalized spacial score (nSPS) is 28.9. The first-order valence-corrected chi connectivity index (χ1v) is 5.76. The van der Waals surface area contributed by atoms with E-state index in [9.17, 15) is 27.2 Å². The lowest BCUT2D eigenvalue weighted by Gasteiger charge is -2.41. The number of carboxylic acid groups (broad SMARTS) is 1. The second-order valence-corrected chi connectivity index (χ2v) is 4.87. The number of alkyl halides is 4. The van der Waals surface area contributed by atoms with Crippen LogP contribution >= 0.6 is 0 Å². The maximum absolute atomic E-state index is 13.0. The van der Waals surface area contributed by atoms with E-state index < -0.39 is 48.6 Å². The fraction of sp³-hybridized carbons (Fsp3) is 0.818. The van der Waals surface area contributed by atoms with Crippen LogP contribution in [-0.4, -0.2) is 46.8 Å². The van der Waals surface area contributed by atoms with E-state index in [1.54, 1.807) is 0 Å².